The molecule has 2 aromatic carbocycles. The molecule has 0 bridgehead atoms. The molecule has 0 saturated carbocycles. The Morgan fingerprint density at radius 1 is 0.857 bits per heavy atom. The van der Waals surface area contributed by atoms with Gasteiger partial charge in [0.2, 0.25) is 0 Å². The second kappa shape index (κ2) is 12.4. The van der Waals surface area contributed by atoms with E-state index in [1.54, 1.807) is 18.2 Å². The van der Waals surface area contributed by atoms with Gasteiger partial charge in [0.25, 0.3) is 5.91 Å². The number of esters is 1. The fourth-order valence-corrected chi connectivity index (χ4v) is 2.58. The molecule has 6 nitrogen and oxygen atoms in total. The Morgan fingerprint density at radius 2 is 1.57 bits per heavy atom. The number of benzene rings is 2. The number of rotatable bonds is 12. The first-order valence-corrected chi connectivity index (χ1v) is 9.45. The van der Waals surface area contributed by atoms with Crippen LogP contribution in [-0.4, -0.2) is 38.7 Å². The van der Waals surface area contributed by atoms with E-state index < -0.39 is 0 Å². The molecule has 0 saturated heterocycles. The van der Waals surface area contributed by atoms with Gasteiger partial charge in [-0.1, -0.05) is 36.8 Å². The molecule has 0 spiro atoms. The van der Waals surface area contributed by atoms with Crippen molar-refractivity contribution in [3.63, 3.8) is 0 Å². The van der Waals surface area contributed by atoms with E-state index >= 15 is 0 Å². The summed E-state index contributed by atoms with van der Waals surface area (Å²) in [5, 5.41) is 2.89. The van der Waals surface area contributed by atoms with Crippen molar-refractivity contribution in [2.45, 2.75) is 25.7 Å². The van der Waals surface area contributed by atoms with Gasteiger partial charge in [0.15, 0.2) is 0 Å². The Balaban J connectivity index is 1.71. The highest BCUT2D eigenvalue weighted by Gasteiger charge is 2.11. The van der Waals surface area contributed by atoms with Gasteiger partial charge in [0.05, 0.1) is 12.7 Å². The molecule has 1 N–H and O–H groups in total. The maximum Gasteiger partial charge on any atom is 0.305 e. The van der Waals surface area contributed by atoms with Crippen LogP contribution >= 0.6 is 0 Å². The SMILES string of the molecule is COC(=O)CCCCCNC(=O)c1ccccc1OCCOc1ccccc1. The maximum absolute atomic E-state index is 12.4. The van der Waals surface area contributed by atoms with Crippen LogP contribution in [0.2, 0.25) is 0 Å². The zero-order chi connectivity index (χ0) is 20.0. The molecule has 28 heavy (non-hydrogen) atoms. The van der Waals surface area contributed by atoms with Gasteiger partial charge in [0, 0.05) is 13.0 Å². The average molecular weight is 385 g/mol. The molecule has 2 rings (SSSR count). The lowest BCUT2D eigenvalue weighted by molar-refractivity contribution is -0.140. The minimum atomic E-state index is -0.202. The Hall–Kier alpha value is -3.02. The van der Waals surface area contributed by atoms with Gasteiger partial charge < -0.3 is 19.5 Å². The highest BCUT2D eigenvalue weighted by Crippen LogP contribution is 2.18. The van der Waals surface area contributed by atoms with Gasteiger partial charge in [-0.15, -0.1) is 0 Å². The first-order valence-electron chi connectivity index (χ1n) is 9.45. The third kappa shape index (κ3) is 7.70. The summed E-state index contributed by atoms with van der Waals surface area (Å²) in [6, 6.07) is 16.6. The molecular formula is C22H27NO5. The van der Waals surface area contributed by atoms with Crippen molar-refractivity contribution < 1.29 is 23.8 Å². The van der Waals surface area contributed by atoms with Crippen molar-refractivity contribution >= 4 is 11.9 Å². The molecule has 0 atom stereocenters. The van der Waals surface area contributed by atoms with Crippen LogP contribution in [0.15, 0.2) is 54.6 Å². The molecule has 150 valence electrons. The number of carbonyl (C=O) groups excluding carboxylic acids is 2. The Labute approximate surface area is 165 Å². The summed E-state index contributed by atoms with van der Waals surface area (Å²) in [5.41, 5.74) is 0.497. The molecule has 0 fully saturated rings. The van der Waals surface area contributed by atoms with Crippen LogP contribution in [0, 0.1) is 0 Å². The number of para-hydroxylation sites is 2. The summed E-state index contributed by atoms with van der Waals surface area (Å²) < 4.78 is 15.9. The van der Waals surface area contributed by atoms with Crippen molar-refractivity contribution in [3.8, 4) is 11.5 Å². The van der Waals surface area contributed by atoms with Crippen molar-refractivity contribution in [2.24, 2.45) is 0 Å². The summed E-state index contributed by atoms with van der Waals surface area (Å²) >= 11 is 0. The molecule has 0 aliphatic rings. The van der Waals surface area contributed by atoms with Gasteiger partial charge in [0.1, 0.15) is 24.7 Å². The van der Waals surface area contributed by atoms with Gasteiger partial charge in [-0.05, 0) is 37.1 Å². The van der Waals surface area contributed by atoms with Crippen LogP contribution in [0.5, 0.6) is 11.5 Å². The number of amides is 1. The lowest BCUT2D eigenvalue weighted by Gasteiger charge is -2.12. The summed E-state index contributed by atoms with van der Waals surface area (Å²) in [4.78, 5) is 23.5. The molecule has 0 aromatic heterocycles. The van der Waals surface area contributed by atoms with Crippen LogP contribution in [-0.2, 0) is 9.53 Å². The van der Waals surface area contributed by atoms with Crippen molar-refractivity contribution in [2.75, 3.05) is 26.9 Å². The predicted molar refractivity (Wildman–Crippen MR) is 107 cm³/mol. The molecule has 0 aliphatic heterocycles. The average Bonchev–Trinajstić information content (AvgIpc) is 2.74. The van der Waals surface area contributed by atoms with E-state index in [-0.39, 0.29) is 11.9 Å². The lowest BCUT2D eigenvalue weighted by atomic mass is 10.1. The third-order valence-corrected chi connectivity index (χ3v) is 4.06. The zero-order valence-corrected chi connectivity index (χ0v) is 16.2. The van der Waals surface area contributed by atoms with Crippen LogP contribution in [0.3, 0.4) is 0 Å². The zero-order valence-electron chi connectivity index (χ0n) is 16.2. The smallest absolute Gasteiger partial charge is 0.305 e. The molecular weight excluding hydrogens is 358 g/mol. The number of carbonyl (C=O) groups is 2. The first-order chi connectivity index (χ1) is 13.7. The highest BCUT2D eigenvalue weighted by molar-refractivity contribution is 5.96. The predicted octanol–water partition coefficient (Wildman–Crippen LogP) is 3.61. The van der Waals surface area contributed by atoms with Crippen molar-refractivity contribution in [3.05, 3.63) is 60.2 Å². The Morgan fingerprint density at radius 3 is 2.36 bits per heavy atom. The van der Waals surface area contributed by atoms with Crippen molar-refractivity contribution in [1.29, 1.82) is 0 Å². The minimum absolute atomic E-state index is 0.174. The number of unbranched alkanes of at least 4 members (excludes halogenated alkanes) is 2. The van der Waals surface area contributed by atoms with E-state index in [2.05, 4.69) is 10.1 Å². The molecule has 0 heterocycles. The number of hydrogen-bond donors (Lipinski definition) is 1. The Bertz CT molecular complexity index is 733. The third-order valence-electron chi connectivity index (χ3n) is 4.06. The highest BCUT2D eigenvalue weighted by atomic mass is 16.5. The van der Waals surface area contributed by atoms with Gasteiger partial charge in [-0.2, -0.15) is 0 Å². The van der Waals surface area contributed by atoms with Gasteiger partial charge in [-0.3, -0.25) is 9.59 Å². The second-order valence-electron chi connectivity index (χ2n) is 6.15. The molecule has 0 aliphatic carbocycles. The van der Waals surface area contributed by atoms with Crippen LogP contribution in [0.1, 0.15) is 36.0 Å². The summed E-state index contributed by atoms with van der Waals surface area (Å²) in [6.45, 7) is 1.28. The number of methoxy groups -OCH3 is 1. The van der Waals surface area contributed by atoms with E-state index in [4.69, 9.17) is 9.47 Å². The number of ether oxygens (including phenoxy) is 3. The van der Waals surface area contributed by atoms with Gasteiger partial charge >= 0.3 is 5.97 Å². The Kier molecular flexibility index (Phi) is 9.41. The standard InChI is InChI=1S/C22H27NO5/c1-26-21(24)14-6-3-9-15-23-22(25)19-12-7-8-13-20(19)28-17-16-27-18-10-4-2-5-11-18/h2,4-5,7-8,10-13H,3,6,9,14-17H2,1H3,(H,23,25). The van der Waals surface area contributed by atoms with E-state index in [0.717, 1.165) is 25.0 Å². The van der Waals surface area contributed by atoms with E-state index in [0.29, 0.717) is 37.5 Å². The molecule has 1 amide bonds. The minimum Gasteiger partial charge on any atom is -0.490 e. The monoisotopic (exact) mass is 385 g/mol. The molecule has 2 aromatic rings. The van der Waals surface area contributed by atoms with E-state index in [1.165, 1.54) is 7.11 Å². The van der Waals surface area contributed by atoms with E-state index in [9.17, 15) is 9.59 Å². The van der Waals surface area contributed by atoms with Crippen LogP contribution in [0.25, 0.3) is 0 Å². The quantitative estimate of drug-likeness (QED) is 0.446. The molecule has 0 unspecified atom stereocenters. The number of hydrogen-bond acceptors (Lipinski definition) is 5. The van der Waals surface area contributed by atoms with E-state index in [1.807, 2.05) is 36.4 Å². The lowest BCUT2D eigenvalue weighted by Crippen LogP contribution is -2.25. The normalized spacial score (nSPS) is 10.2. The summed E-state index contributed by atoms with van der Waals surface area (Å²) in [7, 11) is 1.38. The topological polar surface area (TPSA) is 73.9 Å². The number of nitrogens with one attached hydrogen (secondary N) is 1. The summed E-state index contributed by atoms with van der Waals surface area (Å²) in [5.74, 6) is 0.936. The summed E-state index contributed by atoms with van der Waals surface area (Å²) in [6.07, 6.45) is 2.82. The van der Waals surface area contributed by atoms with Crippen LogP contribution < -0.4 is 14.8 Å². The largest absolute Gasteiger partial charge is 0.490 e. The first kappa shape index (κ1) is 21.3. The fourth-order valence-electron chi connectivity index (χ4n) is 2.58. The van der Waals surface area contributed by atoms with Gasteiger partial charge in [-0.25, -0.2) is 0 Å². The second-order valence-corrected chi connectivity index (χ2v) is 6.15. The maximum atomic E-state index is 12.4. The fraction of sp³-hybridized carbons (Fsp3) is 0.364. The van der Waals surface area contributed by atoms with Crippen LogP contribution in [0.4, 0.5) is 0 Å². The van der Waals surface area contributed by atoms with Crippen molar-refractivity contribution in [1.82, 2.24) is 5.32 Å². The molecule has 0 radical (unpaired) electrons. The molecule has 6 heteroatoms.